The van der Waals surface area contributed by atoms with Crippen LogP contribution >= 0.6 is 0 Å². The van der Waals surface area contributed by atoms with E-state index in [1.807, 2.05) is 0 Å². The molecule has 4 rings (SSSR count). The van der Waals surface area contributed by atoms with Crippen molar-refractivity contribution in [3.8, 4) is 0 Å². The number of hydrogen-bond donors (Lipinski definition) is 2. The van der Waals surface area contributed by atoms with E-state index in [-0.39, 0.29) is 11.9 Å². The van der Waals surface area contributed by atoms with E-state index in [0.717, 1.165) is 37.5 Å². The van der Waals surface area contributed by atoms with Crippen LogP contribution in [0.1, 0.15) is 134 Å². The number of aliphatic imine (C=N–C) groups is 1. The van der Waals surface area contributed by atoms with Gasteiger partial charge in [-0.05, 0) is 67.9 Å². The summed E-state index contributed by atoms with van der Waals surface area (Å²) in [6.07, 6.45) is 15.7. The average Bonchev–Trinajstić information content (AvgIpc) is 2.89. The molecule has 3 fully saturated rings. The number of carbonyl (C=O) groups is 1. The number of nitrogens with zero attached hydrogens (tertiary/aromatic N) is 2. The zero-order valence-corrected chi connectivity index (χ0v) is 23.3. The van der Waals surface area contributed by atoms with E-state index in [4.69, 9.17) is 4.99 Å². The largest absolute Gasteiger partial charge is 0.353 e. The Hall–Kier alpha value is -2.04. The summed E-state index contributed by atoms with van der Waals surface area (Å²) in [6.45, 7) is 9.76. The molecule has 0 spiro atoms. The molecule has 2 saturated carbocycles. The van der Waals surface area contributed by atoms with Gasteiger partial charge < -0.3 is 15.5 Å². The molecule has 200 valence electrons. The Balaban J connectivity index is 1.60. The number of guanidine groups is 1. The van der Waals surface area contributed by atoms with Crippen LogP contribution in [0.5, 0.6) is 0 Å². The zero-order valence-electron chi connectivity index (χ0n) is 23.3. The molecule has 0 bridgehead atoms. The second-order valence-electron chi connectivity index (χ2n) is 12.0. The zero-order chi connectivity index (χ0) is 25.5. The highest BCUT2D eigenvalue weighted by Crippen LogP contribution is 2.33. The van der Waals surface area contributed by atoms with Gasteiger partial charge in [0.1, 0.15) is 6.04 Å². The number of benzene rings is 1. The van der Waals surface area contributed by atoms with Crippen molar-refractivity contribution in [3.05, 3.63) is 29.3 Å². The normalized spacial score (nSPS) is 22.8. The fourth-order valence-corrected chi connectivity index (χ4v) is 6.37. The molecule has 1 saturated heterocycles. The third-order valence-electron chi connectivity index (χ3n) is 8.52. The van der Waals surface area contributed by atoms with Crippen molar-refractivity contribution in [2.45, 2.75) is 141 Å². The number of anilines is 1. The summed E-state index contributed by atoms with van der Waals surface area (Å²) in [5.41, 5.74) is 3.49. The molecule has 5 heteroatoms. The van der Waals surface area contributed by atoms with E-state index >= 15 is 0 Å². The fourth-order valence-electron chi connectivity index (χ4n) is 6.37. The van der Waals surface area contributed by atoms with Crippen molar-refractivity contribution in [1.29, 1.82) is 0 Å². The molecule has 0 unspecified atom stereocenters. The lowest BCUT2D eigenvalue weighted by molar-refractivity contribution is -0.120. The summed E-state index contributed by atoms with van der Waals surface area (Å²) in [5, 5.41) is 7.32. The lowest BCUT2D eigenvalue weighted by Crippen LogP contribution is -2.56. The van der Waals surface area contributed by atoms with E-state index in [2.05, 4.69) is 61.4 Å². The molecular weight excluding hydrogens is 444 g/mol. The Morgan fingerprint density at radius 2 is 1.42 bits per heavy atom. The first-order valence-electron chi connectivity index (χ1n) is 15.0. The van der Waals surface area contributed by atoms with Crippen LogP contribution in [-0.4, -0.2) is 41.4 Å². The molecule has 0 radical (unpaired) electrons. The Bertz CT molecular complexity index is 854. The minimum Gasteiger partial charge on any atom is -0.353 e. The lowest BCUT2D eigenvalue weighted by Gasteiger charge is -2.40. The van der Waals surface area contributed by atoms with Gasteiger partial charge in [-0.15, -0.1) is 0 Å². The molecule has 1 aromatic carbocycles. The molecule has 2 N–H and O–H groups in total. The Morgan fingerprint density at radius 1 is 0.833 bits per heavy atom. The van der Waals surface area contributed by atoms with Crippen LogP contribution in [0.25, 0.3) is 0 Å². The summed E-state index contributed by atoms with van der Waals surface area (Å²) in [6, 6.07) is 7.19. The number of likely N-dealkylation sites (tertiary alicyclic amines) is 1. The minimum atomic E-state index is -0.169. The van der Waals surface area contributed by atoms with Gasteiger partial charge >= 0.3 is 0 Å². The van der Waals surface area contributed by atoms with Crippen molar-refractivity contribution >= 4 is 17.6 Å². The van der Waals surface area contributed by atoms with Gasteiger partial charge in [0.25, 0.3) is 0 Å². The smallest absolute Gasteiger partial charge is 0.247 e. The first-order chi connectivity index (χ1) is 17.4. The number of amides is 1. The summed E-state index contributed by atoms with van der Waals surface area (Å²) in [5.74, 6) is 1.86. The van der Waals surface area contributed by atoms with Crippen molar-refractivity contribution in [3.63, 3.8) is 0 Å². The predicted octanol–water partition coefficient (Wildman–Crippen LogP) is 7.34. The van der Waals surface area contributed by atoms with E-state index in [1.165, 1.54) is 75.3 Å². The maximum atomic E-state index is 14.0. The number of piperidine rings is 1. The van der Waals surface area contributed by atoms with Crippen molar-refractivity contribution in [2.24, 2.45) is 4.99 Å². The van der Waals surface area contributed by atoms with Gasteiger partial charge in [-0.3, -0.25) is 4.79 Å². The SMILES string of the molecule is CC(C)c1cccc(C(C)C)c1NC(=O)[C@@H]1CCCCN1C(=NC1CCCCC1)NC1CCCCC1. The van der Waals surface area contributed by atoms with Crippen LogP contribution in [0.2, 0.25) is 0 Å². The molecule has 3 aliphatic rings. The molecule has 1 heterocycles. The second kappa shape index (κ2) is 13.0. The quantitative estimate of drug-likeness (QED) is 0.321. The van der Waals surface area contributed by atoms with E-state index in [9.17, 15) is 4.79 Å². The van der Waals surface area contributed by atoms with Crippen LogP contribution < -0.4 is 10.6 Å². The van der Waals surface area contributed by atoms with Gasteiger partial charge in [-0.2, -0.15) is 0 Å². The van der Waals surface area contributed by atoms with Crippen molar-refractivity contribution in [2.75, 3.05) is 11.9 Å². The van der Waals surface area contributed by atoms with Crippen LogP contribution in [-0.2, 0) is 4.79 Å². The van der Waals surface area contributed by atoms with Crippen LogP contribution in [0.4, 0.5) is 5.69 Å². The Labute approximate surface area is 219 Å². The average molecular weight is 495 g/mol. The van der Waals surface area contributed by atoms with Gasteiger partial charge in [-0.1, -0.05) is 84.4 Å². The number of hydrogen-bond acceptors (Lipinski definition) is 2. The van der Waals surface area contributed by atoms with Crippen LogP contribution in [0.15, 0.2) is 23.2 Å². The highest BCUT2D eigenvalue weighted by atomic mass is 16.2. The maximum Gasteiger partial charge on any atom is 0.247 e. The third-order valence-corrected chi connectivity index (χ3v) is 8.52. The molecule has 1 atom stereocenters. The van der Waals surface area contributed by atoms with Gasteiger partial charge in [0.05, 0.1) is 6.04 Å². The molecule has 5 nitrogen and oxygen atoms in total. The topological polar surface area (TPSA) is 56.7 Å². The van der Waals surface area contributed by atoms with E-state index < -0.39 is 0 Å². The van der Waals surface area contributed by atoms with Crippen molar-refractivity contribution in [1.82, 2.24) is 10.2 Å². The molecule has 36 heavy (non-hydrogen) atoms. The fraction of sp³-hybridized carbons (Fsp3) is 0.742. The first kappa shape index (κ1) is 27.0. The maximum absolute atomic E-state index is 14.0. The summed E-state index contributed by atoms with van der Waals surface area (Å²) in [4.78, 5) is 21.7. The first-order valence-corrected chi connectivity index (χ1v) is 15.0. The van der Waals surface area contributed by atoms with Gasteiger partial charge in [0.2, 0.25) is 5.91 Å². The molecular formula is C31H50N4O. The number of rotatable bonds is 6. The molecule has 2 aliphatic carbocycles. The standard InChI is InChI=1S/C31H50N4O/c1-22(2)26-18-13-19-27(23(3)4)29(26)34-30(36)28-20-11-12-21-35(28)31(32-24-14-7-5-8-15-24)33-25-16-9-6-10-17-25/h13,18-19,22-25,28H,5-12,14-17,20-21H2,1-4H3,(H,32,33)(H,34,36)/t28-/m0/s1. The second-order valence-corrected chi connectivity index (χ2v) is 12.0. The monoisotopic (exact) mass is 494 g/mol. The summed E-state index contributed by atoms with van der Waals surface area (Å²) >= 11 is 0. The molecule has 0 aromatic heterocycles. The van der Waals surface area contributed by atoms with Gasteiger partial charge in [0, 0.05) is 18.3 Å². The number of nitrogens with one attached hydrogen (secondary N) is 2. The van der Waals surface area contributed by atoms with Crippen molar-refractivity contribution < 1.29 is 4.79 Å². The third kappa shape index (κ3) is 6.83. The number of carbonyl (C=O) groups excluding carboxylic acids is 1. The Kier molecular flexibility index (Phi) is 9.73. The highest BCUT2D eigenvalue weighted by molar-refractivity contribution is 5.99. The minimum absolute atomic E-state index is 0.131. The Morgan fingerprint density at radius 3 is 2.03 bits per heavy atom. The summed E-state index contributed by atoms with van der Waals surface area (Å²) in [7, 11) is 0. The lowest BCUT2D eigenvalue weighted by atomic mass is 9.92. The van der Waals surface area contributed by atoms with Gasteiger partial charge in [0.15, 0.2) is 5.96 Å². The predicted molar refractivity (Wildman–Crippen MR) is 152 cm³/mol. The van der Waals surface area contributed by atoms with Gasteiger partial charge in [-0.25, -0.2) is 4.99 Å². The molecule has 1 aliphatic heterocycles. The molecule has 1 amide bonds. The summed E-state index contributed by atoms with van der Waals surface area (Å²) < 4.78 is 0. The number of para-hydroxylation sites is 1. The van der Waals surface area contributed by atoms with Crippen LogP contribution in [0, 0.1) is 0 Å². The van der Waals surface area contributed by atoms with E-state index in [1.54, 1.807) is 0 Å². The highest BCUT2D eigenvalue weighted by Gasteiger charge is 2.33. The van der Waals surface area contributed by atoms with E-state index in [0.29, 0.717) is 23.9 Å². The van der Waals surface area contributed by atoms with Crippen LogP contribution in [0.3, 0.4) is 0 Å². The molecule has 1 aromatic rings.